The number of carbonyl (C=O) groups excluding carboxylic acids is 2. The standard InChI is InChI=1S/C25H36N6O3/c1-16(2)17-9-11-18(12-10-17)28-23-21(22(26)32)27-14-20(29-23)30(6)19-8-7-13-31(15-19)24(33)34-25(3,4)5/h9-12,14,16,19H,7-8,13,15H2,1-6H3,(H2,26,32)(H,28,29)/t19-/m0/s1. The SMILES string of the molecule is CC(C)c1ccc(Nc2nc(N(C)[C@H]3CCCN(C(=O)OC(C)(C)C)C3)cnc2C(N)=O)cc1. The Balaban J connectivity index is 1.79. The van der Waals surface area contributed by atoms with E-state index in [2.05, 4.69) is 29.1 Å². The van der Waals surface area contributed by atoms with Crippen LogP contribution in [0.4, 0.5) is 22.1 Å². The van der Waals surface area contributed by atoms with E-state index in [1.54, 1.807) is 11.1 Å². The summed E-state index contributed by atoms with van der Waals surface area (Å²) in [6.07, 6.45) is 2.98. The molecular weight excluding hydrogens is 432 g/mol. The molecule has 1 aromatic carbocycles. The van der Waals surface area contributed by atoms with Crippen molar-refractivity contribution in [3.05, 3.63) is 41.7 Å². The molecule has 3 N–H and O–H groups in total. The average Bonchev–Trinajstić information content (AvgIpc) is 2.77. The maximum atomic E-state index is 12.6. The highest BCUT2D eigenvalue weighted by Gasteiger charge is 2.30. The average molecular weight is 469 g/mol. The second-order valence-electron chi connectivity index (χ2n) is 10.0. The number of hydrogen-bond donors (Lipinski definition) is 2. The highest BCUT2D eigenvalue weighted by molar-refractivity contribution is 5.96. The maximum absolute atomic E-state index is 12.6. The van der Waals surface area contributed by atoms with Crippen LogP contribution in [0.3, 0.4) is 0 Å². The van der Waals surface area contributed by atoms with Crippen molar-refractivity contribution >= 4 is 29.3 Å². The Morgan fingerprint density at radius 1 is 1.24 bits per heavy atom. The second kappa shape index (κ2) is 10.3. The number of nitrogens with one attached hydrogen (secondary N) is 1. The van der Waals surface area contributed by atoms with Gasteiger partial charge in [0.2, 0.25) is 0 Å². The minimum Gasteiger partial charge on any atom is -0.444 e. The lowest BCUT2D eigenvalue weighted by molar-refractivity contribution is 0.0199. The van der Waals surface area contributed by atoms with E-state index in [4.69, 9.17) is 10.5 Å². The number of likely N-dealkylation sites (tertiary alicyclic amines) is 1. The maximum Gasteiger partial charge on any atom is 0.410 e. The molecule has 0 radical (unpaired) electrons. The molecule has 1 aliphatic rings. The summed E-state index contributed by atoms with van der Waals surface area (Å²) < 4.78 is 5.54. The van der Waals surface area contributed by atoms with Gasteiger partial charge in [0.25, 0.3) is 5.91 Å². The number of carbonyl (C=O) groups is 2. The van der Waals surface area contributed by atoms with E-state index >= 15 is 0 Å². The lowest BCUT2D eigenvalue weighted by Gasteiger charge is -2.38. The number of benzene rings is 1. The second-order valence-corrected chi connectivity index (χ2v) is 10.0. The van der Waals surface area contributed by atoms with Gasteiger partial charge in [0.05, 0.1) is 6.20 Å². The Morgan fingerprint density at radius 2 is 1.91 bits per heavy atom. The van der Waals surface area contributed by atoms with Gasteiger partial charge in [0.1, 0.15) is 11.4 Å². The van der Waals surface area contributed by atoms with Gasteiger partial charge in [-0.2, -0.15) is 0 Å². The van der Waals surface area contributed by atoms with Crippen molar-refractivity contribution in [2.45, 2.75) is 65.0 Å². The number of hydrogen-bond acceptors (Lipinski definition) is 7. The van der Waals surface area contributed by atoms with Crippen molar-refractivity contribution in [3.8, 4) is 0 Å². The molecule has 9 nitrogen and oxygen atoms in total. The molecule has 0 unspecified atom stereocenters. The van der Waals surface area contributed by atoms with Crippen LogP contribution in [0.15, 0.2) is 30.5 Å². The Morgan fingerprint density at radius 3 is 2.50 bits per heavy atom. The fraction of sp³-hybridized carbons (Fsp3) is 0.520. The molecule has 1 fully saturated rings. The third kappa shape index (κ3) is 6.36. The summed E-state index contributed by atoms with van der Waals surface area (Å²) in [5.74, 6) is 0.649. The molecule has 3 rings (SSSR count). The fourth-order valence-corrected chi connectivity index (χ4v) is 3.86. The van der Waals surface area contributed by atoms with Gasteiger partial charge >= 0.3 is 6.09 Å². The van der Waals surface area contributed by atoms with Crippen LogP contribution in [0.1, 0.15) is 69.4 Å². The molecule has 0 spiro atoms. The number of rotatable bonds is 6. The van der Waals surface area contributed by atoms with E-state index in [0.717, 1.165) is 18.5 Å². The number of nitrogens with zero attached hydrogens (tertiary/aromatic N) is 4. The zero-order valence-corrected chi connectivity index (χ0v) is 21.0. The molecule has 2 aromatic rings. The van der Waals surface area contributed by atoms with Gasteiger partial charge in [-0.3, -0.25) is 4.79 Å². The van der Waals surface area contributed by atoms with Crippen LogP contribution < -0.4 is 16.0 Å². The van der Waals surface area contributed by atoms with Crippen LogP contribution in [-0.2, 0) is 4.74 Å². The van der Waals surface area contributed by atoms with Crippen molar-refractivity contribution in [1.82, 2.24) is 14.9 Å². The molecule has 1 atom stereocenters. The number of amides is 2. The predicted octanol–water partition coefficient (Wildman–Crippen LogP) is 4.28. The van der Waals surface area contributed by atoms with E-state index in [9.17, 15) is 9.59 Å². The van der Waals surface area contributed by atoms with Crippen LogP contribution in [0, 0.1) is 0 Å². The first-order chi connectivity index (χ1) is 15.9. The molecule has 184 valence electrons. The van der Waals surface area contributed by atoms with Gasteiger partial charge in [-0.15, -0.1) is 0 Å². The van der Waals surface area contributed by atoms with Crippen LogP contribution in [0.2, 0.25) is 0 Å². The van der Waals surface area contributed by atoms with E-state index in [1.165, 1.54) is 5.56 Å². The number of likely N-dealkylation sites (N-methyl/N-ethyl adjacent to an activating group) is 1. The van der Waals surface area contributed by atoms with Gasteiger partial charge in [0, 0.05) is 31.9 Å². The molecule has 9 heteroatoms. The van der Waals surface area contributed by atoms with E-state index in [1.807, 2.05) is 57.0 Å². The van der Waals surface area contributed by atoms with E-state index in [-0.39, 0.29) is 17.8 Å². The Hall–Kier alpha value is -3.36. The zero-order valence-electron chi connectivity index (χ0n) is 21.0. The van der Waals surface area contributed by atoms with E-state index < -0.39 is 11.5 Å². The highest BCUT2D eigenvalue weighted by Crippen LogP contribution is 2.26. The van der Waals surface area contributed by atoms with Gasteiger partial charge in [-0.1, -0.05) is 26.0 Å². The van der Waals surface area contributed by atoms with Gasteiger partial charge in [-0.25, -0.2) is 14.8 Å². The smallest absolute Gasteiger partial charge is 0.410 e. The Labute approximate surface area is 201 Å². The minimum absolute atomic E-state index is 0.0353. The number of anilines is 3. The third-order valence-electron chi connectivity index (χ3n) is 5.79. The van der Waals surface area contributed by atoms with Crippen molar-refractivity contribution in [3.63, 3.8) is 0 Å². The summed E-state index contributed by atoms with van der Waals surface area (Å²) in [7, 11) is 1.92. The number of primary amides is 1. The van der Waals surface area contributed by atoms with Crippen molar-refractivity contribution < 1.29 is 14.3 Å². The van der Waals surface area contributed by atoms with Gasteiger partial charge in [-0.05, 0) is 57.2 Å². The first-order valence-corrected chi connectivity index (χ1v) is 11.7. The molecule has 34 heavy (non-hydrogen) atoms. The number of ether oxygens (including phenoxy) is 1. The van der Waals surface area contributed by atoms with Crippen LogP contribution in [0.25, 0.3) is 0 Å². The number of nitrogens with two attached hydrogens (primary N) is 1. The largest absolute Gasteiger partial charge is 0.444 e. The van der Waals surface area contributed by atoms with Gasteiger partial charge in [0.15, 0.2) is 11.5 Å². The van der Waals surface area contributed by atoms with Crippen molar-refractivity contribution in [2.75, 3.05) is 30.4 Å². The number of piperidine rings is 1. The van der Waals surface area contributed by atoms with Crippen LogP contribution in [-0.4, -0.2) is 58.6 Å². The summed E-state index contributed by atoms with van der Waals surface area (Å²) in [6, 6.07) is 7.99. The minimum atomic E-state index is -0.656. The van der Waals surface area contributed by atoms with Gasteiger partial charge < -0.3 is 25.6 Å². The molecule has 2 amide bonds. The topological polar surface area (TPSA) is 114 Å². The molecule has 2 heterocycles. The zero-order chi connectivity index (χ0) is 25.0. The Kier molecular flexibility index (Phi) is 7.64. The van der Waals surface area contributed by atoms with Crippen molar-refractivity contribution in [1.29, 1.82) is 0 Å². The van der Waals surface area contributed by atoms with Crippen LogP contribution >= 0.6 is 0 Å². The lowest BCUT2D eigenvalue weighted by Crippen LogP contribution is -2.50. The summed E-state index contributed by atoms with van der Waals surface area (Å²) in [5.41, 5.74) is 7.08. The fourth-order valence-electron chi connectivity index (χ4n) is 3.86. The highest BCUT2D eigenvalue weighted by atomic mass is 16.6. The van der Waals surface area contributed by atoms with Crippen LogP contribution in [0.5, 0.6) is 0 Å². The molecule has 0 saturated carbocycles. The molecule has 1 aliphatic heterocycles. The first kappa shape index (κ1) is 25.3. The molecule has 1 saturated heterocycles. The van der Waals surface area contributed by atoms with Crippen molar-refractivity contribution in [2.24, 2.45) is 5.73 Å². The Bertz CT molecular complexity index is 1020. The summed E-state index contributed by atoms with van der Waals surface area (Å²) >= 11 is 0. The summed E-state index contributed by atoms with van der Waals surface area (Å²) in [5, 5.41) is 3.19. The molecule has 0 bridgehead atoms. The molecule has 0 aliphatic carbocycles. The molecule has 1 aromatic heterocycles. The monoisotopic (exact) mass is 468 g/mol. The predicted molar refractivity (Wildman–Crippen MR) is 134 cm³/mol. The third-order valence-corrected chi connectivity index (χ3v) is 5.79. The summed E-state index contributed by atoms with van der Waals surface area (Å²) in [4.78, 5) is 37.2. The quantitative estimate of drug-likeness (QED) is 0.650. The lowest BCUT2D eigenvalue weighted by atomic mass is 10.0. The molecular formula is C25H36N6O3. The normalized spacial score (nSPS) is 16.3. The first-order valence-electron chi connectivity index (χ1n) is 11.7. The van der Waals surface area contributed by atoms with E-state index in [0.29, 0.717) is 30.6 Å². The number of aromatic nitrogens is 2. The summed E-state index contributed by atoms with van der Waals surface area (Å²) in [6.45, 7) is 11.0.